The van der Waals surface area contributed by atoms with Gasteiger partial charge in [0.25, 0.3) is 17.7 Å². The number of hydrogen-bond donors (Lipinski definition) is 4. The molecular weight excluding hydrogens is 633 g/mol. The van der Waals surface area contributed by atoms with Crippen LogP contribution in [0.1, 0.15) is 64.8 Å². The average molecular weight is 671 g/mol. The highest BCUT2D eigenvalue weighted by molar-refractivity contribution is 6.04. The number of alkyl halides is 3. The Kier molecular flexibility index (Phi) is 12.4. The second-order valence-corrected chi connectivity index (χ2v) is 11.2. The topological polar surface area (TPSA) is 160 Å². The number of nitrogens with one attached hydrogen (secondary N) is 2. The summed E-state index contributed by atoms with van der Waals surface area (Å²) in [6, 6.07) is 20.0. The van der Waals surface area contributed by atoms with E-state index in [1.807, 2.05) is 41.3 Å². The third kappa shape index (κ3) is 10.7. The summed E-state index contributed by atoms with van der Waals surface area (Å²) in [5.74, 6) is -1.99. The van der Waals surface area contributed by atoms with E-state index in [-0.39, 0.29) is 30.4 Å². The van der Waals surface area contributed by atoms with Crippen molar-refractivity contribution in [3.8, 4) is 11.5 Å². The Bertz CT molecular complexity index is 1580. The summed E-state index contributed by atoms with van der Waals surface area (Å²) in [5.41, 5.74) is 8.76. The fourth-order valence-corrected chi connectivity index (χ4v) is 4.71. The molecule has 256 valence electrons. The van der Waals surface area contributed by atoms with Crippen molar-refractivity contribution >= 4 is 35.1 Å². The standard InChI is InChI=1S/C32H36N4O5.C2HF3O2/c33-17-3-1-2-4-18-40-27-14-10-25(11-15-27)34-31(38)23-7-5-22(6-8-23)20-36(26-12-13-26)32(39)24-9-16-28-29(19-24)41-21-30(37)35-28;3-2(4,5)1(6)7/h5-11,14-16,19,26H,1-4,12-13,17-18,20-21,33H2,(H,34,38)(H,35,37);(H,6,7). The van der Waals surface area contributed by atoms with Gasteiger partial charge in [-0.1, -0.05) is 25.0 Å². The predicted octanol–water partition coefficient (Wildman–Crippen LogP) is 5.61. The number of benzene rings is 3. The lowest BCUT2D eigenvalue weighted by molar-refractivity contribution is -0.192. The molecule has 1 heterocycles. The summed E-state index contributed by atoms with van der Waals surface area (Å²) < 4.78 is 43.0. The molecule has 1 aliphatic carbocycles. The number of fused-ring (bicyclic) bond motifs is 1. The quantitative estimate of drug-likeness (QED) is 0.171. The molecule has 2 aliphatic rings. The van der Waals surface area contributed by atoms with Crippen molar-refractivity contribution < 1.29 is 46.9 Å². The second kappa shape index (κ2) is 16.6. The van der Waals surface area contributed by atoms with Crippen LogP contribution in [0.2, 0.25) is 0 Å². The number of nitrogens with zero attached hydrogens (tertiary/aromatic N) is 1. The van der Waals surface area contributed by atoms with E-state index in [0.717, 1.165) is 56.4 Å². The molecule has 0 radical (unpaired) electrons. The Balaban J connectivity index is 0.000000671. The van der Waals surface area contributed by atoms with Gasteiger partial charge in [-0.15, -0.1) is 0 Å². The van der Waals surface area contributed by atoms with Crippen molar-refractivity contribution in [3.63, 3.8) is 0 Å². The average Bonchev–Trinajstić information content (AvgIpc) is 3.91. The Morgan fingerprint density at radius 2 is 1.60 bits per heavy atom. The Hall–Kier alpha value is -5.11. The highest BCUT2D eigenvalue weighted by Gasteiger charge is 2.38. The van der Waals surface area contributed by atoms with Crippen LogP contribution in [0.5, 0.6) is 11.5 Å². The molecule has 3 aromatic carbocycles. The number of rotatable bonds is 13. The maximum absolute atomic E-state index is 13.4. The van der Waals surface area contributed by atoms with Crippen molar-refractivity contribution in [2.24, 2.45) is 5.73 Å². The molecular formula is C34H37F3N4O7. The van der Waals surface area contributed by atoms with Gasteiger partial charge in [-0.05, 0) is 92.4 Å². The number of carboxylic acids is 1. The molecule has 1 fully saturated rings. The van der Waals surface area contributed by atoms with Crippen LogP contribution >= 0.6 is 0 Å². The first-order valence-corrected chi connectivity index (χ1v) is 15.5. The van der Waals surface area contributed by atoms with Crippen molar-refractivity contribution in [1.82, 2.24) is 4.90 Å². The summed E-state index contributed by atoms with van der Waals surface area (Å²) in [4.78, 5) is 48.5. The van der Waals surface area contributed by atoms with Crippen molar-refractivity contribution in [3.05, 3.63) is 83.4 Å². The minimum absolute atomic E-state index is 0.0626. The summed E-state index contributed by atoms with van der Waals surface area (Å²) in [6.07, 6.45) is 1.10. The molecule has 5 N–H and O–H groups in total. The fraction of sp³-hybridized carbons (Fsp3) is 0.353. The summed E-state index contributed by atoms with van der Waals surface area (Å²) >= 11 is 0. The molecule has 1 aliphatic heterocycles. The number of hydrogen-bond acceptors (Lipinski definition) is 7. The zero-order valence-electron chi connectivity index (χ0n) is 26.1. The third-order valence-corrected chi connectivity index (χ3v) is 7.40. The molecule has 0 saturated heterocycles. The molecule has 3 aromatic rings. The van der Waals surface area contributed by atoms with Crippen LogP contribution in [0, 0.1) is 0 Å². The number of ether oxygens (including phenoxy) is 2. The zero-order chi connectivity index (χ0) is 34.7. The molecule has 0 unspecified atom stereocenters. The lowest BCUT2D eigenvalue weighted by atomic mass is 10.1. The van der Waals surface area contributed by atoms with Crippen LogP contribution in [-0.2, 0) is 16.1 Å². The SMILES string of the molecule is NCCCCCCOc1ccc(NC(=O)c2ccc(CN(C(=O)c3ccc4c(c3)OCC(=O)N4)C3CC3)cc2)cc1.O=C(O)C(F)(F)F. The van der Waals surface area contributed by atoms with Gasteiger partial charge in [-0.3, -0.25) is 14.4 Å². The van der Waals surface area contributed by atoms with Gasteiger partial charge in [-0.2, -0.15) is 13.2 Å². The maximum Gasteiger partial charge on any atom is 0.490 e. The van der Waals surface area contributed by atoms with E-state index in [4.69, 9.17) is 25.1 Å². The molecule has 0 aromatic heterocycles. The van der Waals surface area contributed by atoms with Crippen LogP contribution in [-0.4, -0.2) is 65.7 Å². The van der Waals surface area contributed by atoms with Gasteiger partial charge in [0.05, 0.1) is 12.3 Å². The Labute approximate surface area is 275 Å². The van der Waals surface area contributed by atoms with Crippen LogP contribution < -0.4 is 25.8 Å². The number of aliphatic carboxylic acids is 1. The molecule has 14 heteroatoms. The second-order valence-electron chi connectivity index (χ2n) is 11.2. The Morgan fingerprint density at radius 3 is 2.23 bits per heavy atom. The summed E-state index contributed by atoms with van der Waals surface area (Å²) in [7, 11) is 0. The number of carbonyl (C=O) groups is 4. The molecule has 1 saturated carbocycles. The van der Waals surface area contributed by atoms with Gasteiger partial charge >= 0.3 is 12.1 Å². The fourth-order valence-electron chi connectivity index (χ4n) is 4.71. The third-order valence-electron chi connectivity index (χ3n) is 7.40. The number of unbranched alkanes of at least 4 members (excludes halogenated alkanes) is 3. The monoisotopic (exact) mass is 670 g/mol. The number of anilines is 2. The first kappa shape index (κ1) is 35.7. The minimum Gasteiger partial charge on any atom is -0.494 e. The van der Waals surface area contributed by atoms with E-state index in [1.165, 1.54) is 0 Å². The van der Waals surface area contributed by atoms with Crippen molar-refractivity contribution in [1.29, 1.82) is 0 Å². The van der Waals surface area contributed by atoms with Crippen LogP contribution in [0.4, 0.5) is 24.5 Å². The van der Waals surface area contributed by atoms with E-state index in [0.29, 0.717) is 41.4 Å². The van der Waals surface area contributed by atoms with Crippen LogP contribution in [0.25, 0.3) is 0 Å². The van der Waals surface area contributed by atoms with Gasteiger partial charge in [0, 0.05) is 29.4 Å². The summed E-state index contributed by atoms with van der Waals surface area (Å²) in [6.45, 7) is 1.77. The molecule has 5 rings (SSSR count). The first-order chi connectivity index (χ1) is 22.9. The van der Waals surface area contributed by atoms with Crippen molar-refractivity contribution in [2.75, 3.05) is 30.4 Å². The lowest BCUT2D eigenvalue weighted by Gasteiger charge is -2.24. The van der Waals surface area contributed by atoms with Gasteiger partial charge in [-0.25, -0.2) is 4.79 Å². The minimum atomic E-state index is -5.08. The van der Waals surface area contributed by atoms with Crippen molar-refractivity contribution in [2.45, 2.75) is 57.3 Å². The number of halogens is 3. The summed E-state index contributed by atoms with van der Waals surface area (Å²) in [5, 5.41) is 12.8. The van der Waals surface area contributed by atoms with E-state index in [1.54, 1.807) is 30.3 Å². The largest absolute Gasteiger partial charge is 0.494 e. The molecule has 11 nitrogen and oxygen atoms in total. The predicted molar refractivity (Wildman–Crippen MR) is 171 cm³/mol. The normalized spacial score (nSPS) is 13.5. The van der Waals surface area contributed by atoms with E-state index in [2.05, 4.69) is 10.6 Å². The van der Waals surface area contributed by atoms with Gasteiger partial charge in [0.15, 0.2) is 6.61 Å². The number of amides is 3. The smallest absolute Gasteiger partial charge is 0.490 e. The number of carboxylic acid groups (broad SMARTS) is 1. The van der Waals surface area contributed by atoms with Gasteiger partial charge in [0.2, 0.25) is 0 Å². The van der Waals surface area contributed by atoms with Crippen LogP contribution in [0.3, 0.4) is 0 Å². The number of carbonyl (C=O) groups excluding carboxylic acids is 3. The van der Waals surface area contributed by atoms with Gasteiger partial charge < -0.3 is 35.8 Å². The number of nitrogens with two attached hydrogens (primary N) is 1. The molecule has 0 atom stereocenters. The highest BCUT2D eigenvalue weighted by Crippen LogP contribution is 2.33. The molecule has 0 spiro atoms. The maximum atomic E-state index is 13.4. The molecule has 0 bridgehead atoms. The lowest BCUT2D eigenvalue weighted by Crippen LogP contribution is -2.33. The molecule has 48 heavy (non-hydrogen) atoms. The first-order valence-electron chi connectivity index (χ1n) is 15.5. The van der Waals surface area contributed by atoms with E-state index < -0.39 is 12.1 Å². The van der Waals surface area contributed by atoms with E-state index >= 15 is 0 Å². The van der Waals surface area contributed by atoms with Gasteiger partial charge in [0.1, 0.15) is 11.5 Å². The highest BCUT2D eigenvalue weighted by atomic mass is 19.4. The Morgan fingerprint density at radius 1 is 0.958 bits per heavy atom. The van der Waals surface area contributed by atoms with E-state index in [9.17, 15) is 27.6 Å². The van der Waals surface area contributed by atoms with Crippen LogP contribution in [0.15, 0.2) is 66.7 Å². The molecule has 3 amide bonds. The zero-order valence-corrected chi connectivity index (χ0v) is 26.1.